The van der Waals surface area contributed by atoms with Gasteiger partial charge in [0.15, 0.2) is 12.2 Å². The maximum absolute atomic E-state index is 13.1. The van der Waals surface area contributed by atoms with Crippen molar-refractivity contribution in [3.05, 3.63) is 0 Å². The first-order chi connectivity index (χ1) is 46.4. The summed E-state index contributed by atoms with van der Waals surface area (Å²) in [7, 11) is -9.91. The minimum absolute atomic E-state index is 0.108. The second-order valence-corrected chi connectivity index (χ2v) is 31.6. The third-order valence-electron chi connectivity index (χ3n) is 18.0. The Morgan fingerprint density at radius 1 is 0.281 bits per heavy atom. The molecule has 0 aliphatic heterocycles. The highest BCUT2D eigenvalue weighted by Crippen LogP contribution is 2.45. The molecule has 96 heavy (non-hydrogen) atoms. The van der Waals surface area contributed by atoms with Crippen LogP contribution in [0.4, 0.5) is 0 Å². The van der Waals surface area contributed by atoms with Crippen LogP contribution in [0.25, 0.3) is 0 Å². The molecule has 0 aliphatic rings. The van der Waals surface area contributed by atoms with Crippen LogP contribution in [-0.2, 0) is 65.4 Å². The standard InChI is InChI=1S/C77H150O17P2/c1-7-9-11-13-15-17-19-24-30-37-43-49-55-61-76(81)93-72(65-87-74(79)59-53-47-41-35-18-16-14-12-10-8-2)67-91-95(83,84)89-63-71(78)64-90-96(85,86)92-68-73(66-88-75(80)60-54-48-42-36-32-27-29-34-40-46-52-58-70(5)6)94-77(82)62-56-50-44-38-31-26-23-21-20-22-25-28-33-39-45-51-57-69(3)4/h69-73,78H,7-68H2,1-6H3,(H,83,84)(H,85,86)/t71-,72+,73+/m0/s1. The third kappa shape index (κ3) is 70.5. The lowest BCUT2D eigenvalue weighted by atomic mass is 10.0. The van der Waals surface area contributed by atoms with Crippen LogP contribution in [0.15, 0.2) is 0 Å². The Kier molecular flexibility index (Phi) is 67.4. The van der Waals surface area contributed by atoms with Gasteiger partial charge in [-0.3, -0.25) is 37.3 Å². The van der Waals surface area contributed by atoms with Gasteiger partial charge in [-0.15, -0.1) is 0 Å². The van der Waals surface area contributed by atoms with E-state index >= 15 is 0 Å². The SMILES string of the molecule is CCCCCCCCCCCCCCCC(=O)O[C@H](COC(=O)CCCCCCCCCCCC)COP(=O)(O)OC[C@H](O)COP(=O)(O)OC[C@@H](COC(=O)CCCCCCCCCCCCCC(C)C)OC(=O)CCCCCCCCCCCCCCCCCCC(C)C. The number of aliphatic hydroxyl groups is 1. The van der Waals surface area contributed by atoms with Gasteiger partial charge < -0.3 is 33.8 Å². The van der Waals surface area contributed by atoms with Crippen LogP contribution in [0, 0.1) is 11.8 Å². The first kappa shape index (κ1) is 94.1. The summed E-state index contributed by atoms with van der Waals surface area (Å²) in [4.78, 5) is 72.8. The topological polar surface area (TPSA) is 237 Å². The molecule has 0 fully saturated rings. The number of carbonyl (C=O) groups excluding carboxylic acids is 4. The summed E-state index contributed by atoms with van der Waals surface area (Å²) >= 11 is 0. The van der Waals surface area contributed by atoms with E-state index in [0.29, 0.717) is 25.7 Å². The number of hydrogen-bond donors (Lipinski definition) is 3. The molecule has 0 aromatic heterocycles. The largest absolute Gasteiger partial charge is 0.472 e. The number of esters is 4. The Bertz CT molecular complexity index is 1860. The van der Waals surface area contributed by atoms with E-state index in [-0.39, 0.29) is 25.7 Å². The molecule has 5 atom stereocenters. The van der Waals surface area contributed by atoms with Crippen molar-refractivity contribution >= 4 is 39.5 Å². The van der Waals surface area contributed by atoms with Crippen LogP contribution >= 0.6 is 15.6 Å². The fourth-order valence-corrected chi connectivity index (χ4v) is 13.4. The molecule has 2 unspecified atom stereocenters. The first-order valence-corrected chi connectivity index (χ1v) is 43.0. The van der Waals surface area contributed by atoms with Gasteiger partial charge >= 0.3 is 39.5 Å². The monoisotopic (exact) mass is 1410 g/mol. The van der Waals surface area contributed by atoms with Gasteiger partial charge in [-0.05, 0) is 37.5 Å². The van der Waals surface area contributed by atoms with E-state index in [1.165, 1.54) is 218 Å². The normalized spacial score (nSPS) is 14.0. The van der Waals surface area contributed by atoms with Gasteiger partial charge in [0, 0.05) is 25.7 Å². The fourth-order valence-electron chi connectivity index (χ4n) is 11.8. The Labute approximate surface area is 588 Å². The van der Waals surface area contributed by atoms with Gasteiger partial charge in [-0.1, -0.05) is 350 Å². The minimum Gasteiger partial charge on any atom is -0.462 e. The zero-order valence-electron chi connectivity index (χ0n) is 62.7. The quantitative estimate of drug-likeness (QED) is 0.0222. The molecule has 0 spiro atoms. The van der Waals surface area contributed by atoms with Gasteiger partial charge in [0.25, 0.3) is 0 Å². The second-order valence-electron chi connectivity index (χ2n) is 28.7. The lowest BCUT2D eigenvalue weighted by Gasteiger charge is -2.21. The smallest absolute Gasteiger partial charge is 0.462 e. The van der Waals surface area contributed by atoms with E-state index in [2.05, 4.69) is 41.5 Å². The summed E-state index contributed by atoms with van der Waals surface area (Å²) in [6.07, 6.45) is 56.7. The van der Waals surface area contributed by atoms with Gasteiger partial charge in [-0.2, -0.15) is 0 Å². The maximum Gasteiger partial charge on any atom is 0.472 e. The Morgan fingerprint density at radius 2 is 0.479 bits per heavy atom. The van der Waals surface area contributed by atoms with Crippen LogP contribution in [0.2, 0.25) is 0 Å². The number of aliphatic hydroxyl groups excluding tert-OH is 1. The van der Waals surface area contributed by atoms with Crippen molar-refractivity contribution in [2.45, 2.75) is 419 Å². The minimum atomic E-state index is -4.96. The van der Waals surface area contributed by atoms with Crippen LogP contribution in [-0.4, -0.2) is 96.7 Å². The lowest BCUT2D eigenvalue weighted by Crippen LogP contribution is -2.30. The molecular formula is C77H150O17P2. The number of rotatable bonds is 76. The molecule has 570 valence electrons. The summed E-state index contributed by atoms with van der Waals surface area (Å²) in [6, 6.07) is 0. The number of unbranched alkanes of at least 4 members (excludes halogenated alkanes) is 46. The zero-order chi connectivity index (χ0) is 70.7. The zero-order valence-corrected chi connectivity index (χ0v) is 64.5. The van der Waals surface area contributed by atoms with E-state index < -0.39 is 97.5 Å². The molecule has 0 radical (unpaired) electrons. The van der Waals surface area contributed by atoms with Crippen molar-refractivity contribution in [3.63, 3.8) is 0 Å². The number of hydrogen-bond acceptors (Lipinski definition) is 15. The summed E-state index contributed by atoms with van der Waals surface area (Å²) < 4.78 is 68.6. The number of ether oxygens (including phenoxy) is 4. The van der Waals surface area contributed by atoms with E-state index in [1.54, 1.807) is 0 Å². The number of carbonyl (C=O) groups is 4. The van der Waals surface area contributed by atoms with Crippen molar-refractivity contribution in [2.24, 2.45) is 11.8 Å². The molecule has 0 aromatic rings. The van der Waals surface area contributed by atoms with Gasteiger partial charge in [0.2, 0.25) is 0 Å². The average molecular weight is 1410 g/mol. The molecule has 0 rings (SSSR count). The van der Waals surface area contributed by atoms with Crippen molar-refractivity contribution < 1.29 is 80.2 Å². The van der Waals surface area contributed by atoms with E-state index in [9.17, 15) is 43.2 Å². The molecule has 19 heteroatoms. The van der Waals surface area contributed by atoms with Crippen LogP contribution < -0.4 is 0 Å². The molecule has 0 saturated heterocycles. The fraction of sp³-hybridized carbons (Fsp3) is 0.948. The van der Waals surface area contributed by atoms with Gasteiger partial charge in [-0.25, -0.2) is 9.13 Å². The molecule has 0 amide bonds. The number of phosphoric ester groups is 2. The van der Waals surface area contributed by atoms with Gasteiger partial charge in [0.1, 0.15) is 19.3 Å². The average Bonchev–Trinajstić information content (AvgIpc) is 1.19. The van der Waals surface area contributed by atoms with Crippen molar-refractivity contribution in [2.75, 3.05) is 39.6 Å². The highest BCUT2D eigenvalue weighted by atomic mass is 31.2. The van der Waals surface area contributed by atoms with E-state index in [4.69, 9.17) is 37.0 Å². The van der Waals surface area contributed by atoms with Crippen molar-refractivity contribution in [1.82, 2.24) is 0 Å². The van der Waals surface area contributed by atoms with Gasteiger partial charge in [0.05, 0.1) is 26.4 Å². The maximum atomic E-state index is 13.1. The molecule has 0 aromatic carbocycles. The molecule has 0 bridgehead atoms. The van der Waals surface area contributed by atoms with Crippen molar-refractivity contribution in [1.29, 1.82) is 0 Å². The molecule has 3 N–H and O–H groups in total. The van der Waals surface area contributed by atoms with Crippen LogP contribution in [0.3, 0.4) is 0 Å². The Morgan fingerprint density at radius 3 is 0.708 bits per heavy atom. The van der Waals surface area contributed by atoms with Crippen molar-refractivity contribution in [3.8, 4) is 0 Å². The predicted molar refractivity (Wildman–Crippen MR) is 391 cm³/mol. The molecule has 0 heterocycles. The summed E-state index contributed by atoms with van der Waals surface area (Å²) in [5.74, 6) is -0.532. The Hall–Kier alpha value is -1.94. The Balaban J connectivity index is 5.23. The molecule has 17 nitrogen and oxygen atoms in total. The molecular weight excluding hydrogens is 1260 g/mol. The van der Waals surface area contributed by atoms with Crippen LogP contribution in [0.1, 0.15) is 401 Å². The molecule has 0 saturated carbocycles. The number of phosphoric acid groups is 2. The highest BCUT2D eigenvalue weighted by Gasteiger charge is 2.30. The highest BCUT2D eigenvalue weighted by molar-refractivity contribution is 7.47. The summed E-state index contributed by atoms with van der Waals surface area (Å²) in [5, 5.41) is 10.6. The summed E-state index contributed by atoms with van der Waals surface area (Å²) in [6.45, 7) is 9.64. The van der Waals surface area contributed by atoms with Crippen LogP contribution in [0.5, 0.6) is 0 Å². The second kappa shape index (κ2) is 68.8. The van der Waals surface area contributed by atoms with E-state index in [0.717, 1.165) is 102 Å². The predicted octanol–water partition coefficient (Wildman–Crippen LogP) is 22.7. The summed E-state index contributed by atoms with van der Waals surface area (Å²) in [5.41, 5.74) is 0. The third-order valence-corrected chi connectivity index (χ3v) is 19.9. The van der Waals surface area contributed by atoms with E-state index in [1.807, 2.05) is 0 Å². The first-order valence-electron chi connectivity index (χ1n) is 40.0. The molecule has 0 aliphatic carbocycles. The lowest BCUT2D eigenvalue weighted by molar-refractivity contribution is -0.161.